The number of aliphatic hydroxyl groups is 1. The van der Waals surface area contributed by atoms with E-state index in [1.807, 2.05) is 0 Å². The Bertz CT molecular complexity index is 408. The smallest absolute Gasteiger partial charge is 0.141 e. The molecule has 0 amide bonds. The number of nitrogens with one attached hydrogen (secondary N) is 1. The van der Waals surface area contributed by atoms with Gasteiger partial charge in [-0.15, -0.1) is 0 Å². The van der Waals surface area contributed by atoms with E-state index in [1.54, 1.807) is 6.07 Å². The molecule has 5 heteroatoms. The fourth-order valence-electron chi connectivity index (χ4n) is 2.15. The topological polar surface area (TPSA) is 41.5 Å². The van der Waals surface area contributed by atoms with E-state index < -0.39 is 11.9 Å². The van der Waals surface area contributed by atoms with E-state index in [4.69, 9.17) is 4.74 Å². The van der Waals surface area contributed by atoms with E-state index in [2.05, 4.69) is 21.2 Å². The summed E-state index contributed by atoms with van der Waals surface area (Å²) in [7, 11) is 1.47. The number of aliphatic hydroxyl groups excluding tert-OH is 1. The van der Waals surface area contributed by atoms with Crippen LogP contribution in [0, 0.1) is 5.82 Å². The number of methoxy groups -OCH3 is 1. The van der Waals surface area contributed by atoms with Gasteiger partial charge in [0.25, 0.3) is 0 Å². The second kappa shape index (κ2) is 5.33. The largest absolute Gasteiger partial charge is 0.496 e. The van der Waals surface area contributed by atoms with Crippen molar-refractivity contribution in [3.05, 3.63) is 28.0 Å². The van der Waals surface area contributed by atoms with Crippen molar-refractivity contribution >= 4 is 15.9 Å². The highest BCUT2D eigenvalue weighted by Crippen LogP contribution is 2.34. The van der Waals surface area contributed by atoms with Gasteiger partial charge in [0.15, 0.2) is 0 Å². The quantitative estimate of drug-likeness (QED) is 0.901. The first-order chi connectivity index (χ1) is 8.13. The molecule has 0 bridgehead atoms. The minimum absolute atomic E-state index is 0.0151. The van der Waals surface area contributed by atoms with Crippen molar-refractivity contribution in [2.24, 2.45) is 0 Å². The first kappa shape index (κ1) is 12.8. The Labute approximate surface area is 108 Å². The van der Waals surface area contributed by atoms with Crippen LogP contribution in [0.25, 0.3) is 0 Å². The number of hydrogen-bond donors (Lipinski definition) is 2. The lowest BCUT2D eigenvalue weighted by Crippen LogP contribution is -2.29. The molecular weight excluding hydrogens is 289 g/mol. The van der Waals surface area contributed by atoms with E-state index in [0.29, 0.717) is 15.8 Å². The number of ether oxygens (including phenoxy) is 1. The Balaban J connectivity index is 2.32. The molecule has 1 fully saturated rings. The molecule has 2 rings (SSSR count). The van der Waals surface area contributed by atoms with Gasteiger partial charge in [-0.3, -0.25) is 0 Å². The van der Waals surface area contributed by atoms with E-state index >= 15 is 0 Å². The van der Waals surface area contributed by atoms with Crippen LogP contribution in [0.5, 0.6) is 5.75 Å². The molecule has 0 radical (unpaired) electrons. The molecule has 1 aliphatic rings. The molecule has 2 N–H and O–H groups in total. The van der Waals surface area contributed by atoms with Gasteiger partial charge in [0.05, 0.1) is 17.7 Å². The molecule has 0 aliphatic carbocycles. The van der Waals surface area contributed by atoms with E-state index in [-0.39, 0.29) is 6.04 Å². The summed E-state index contributed by atoms with van der Waals surface area (Å²) in [5.41, 5.74) is 0.611. The number of hydrogen-bond acceptors (Lipinski definition) is 3. The molecule has 17 heavy (non-hydrogen) atoms. The van der Waals surface area contributed by atoms with Crippen LogP contribution in [0.3, 0.4) is 0 Å². The molecule has 0 aromatic heterocycles. The van der Waals surface area contributed by atoms with Crippen molar-refractivity contribution < 1.29 is 14.2 Å². The van der Waals surface area contributed by atoms with Gasteiger partial charge in [0.1, 0.15) is 11.6 Å². The highest BCUT2D eigenvalue weighted by molar-refractivity contribution is 9.10. The van der Waals surface area contributed by atoms with Crippen molar-refractivity contribution in [3.63, 3.8) is 0 Å². The van der Waals surface area contributed by atoms with Crippen molar-refractivity contribution in [2.75, 3.05) is 13.7 Å². The summed E-state index contributed by atoms with van der Waals surface area (Å²) < 4.78 is 18.8. The van der Waals surface area contributed by atoms with Gasteiger partial charge >= 0.3 is 0 Å². The van der Waals surface area contributed by atoms with E-state index in [0.717, 1.165) is 19.4 Å². The first-order valence-electron chi connectivity index (χ1n) is 5.58. The van der Waals surface area contributed by atoms with Gasteiger partial charge in [-0.2, -0.15) is 0 Å². The van der Waals surface area contributed by atoms with Crippen molar-refractivity contribution in [2.45, 2.75) is 25.0 Å². The lowest BCUT2D eigenvalue weighted by atomic mass is 10.00. The van der Waals surface area contributed by atoms with Gasteiger partial charge < -0.3 is 15.2 Å². The summed E-state index contributed by atoms with van der Waals surface area (Å²) in [4.78, 5) is 0. The van der Waals surface area contributed by atoms with Crippen molar-refractivity contribution in [3.8, 4) is 5.75 Å². The van der Waals surface area contributed by atoms with Gasteiger partial charge in [-0.25, -0.2) is 4.39 Å². The molecule has 2 atom stereocenters. The Kier molecular flexibility index (Phi) is 4.01. The lowest BCUT2D eigenvalue weighted by molar-refractivity contribution is 0.134. The summed E-state index contributed by atoms with van der Waals surface area (Å²) in [6, 6.07) is 2.89. The Hall–Kier alpha value is -0.650. The number of rotatable bonds is 3. The van der Waals surface area contributed by atoms with Crippen LogP contribution in [0.15, 0.2) is 16.6 Å². The average Bonchev–Trinajstić information content (AvgIpc) is 2.84. The zero-order valence-electron chi connectivity index (χ0n) is 9.54. The third-order valence-corrected chi connectivity index (χ3v) is 3.68. The lowest BCUT2D eigenvalue weighted by Gasteiger charge is -2.21. The molecule has 1 aromatic rings. The molecule has 0 saturated carbocycles. The van der Waals surface area contributed by atoms with Crippen molar-refractivity contribution in [1.82, 2.24) is 5.32 Å². The third-order valence-electron chi connectivity index (χ3n) is 3.07. The van der Waals surface area contributed by atoms with E-state index in [9.17, 15) is 9.50 Å². The second-order valence-electron chi connectivity index (χ2n) is 4.16. The van der Waals surface area contributed by atoms with Gasteiger partial charge in [-0.05, 0) is 41.4 Å². The Morgan fingerprint density at radius 3 is 2.94 bits per heavy atom. The molecule has 1 aliphatic heterocycles. The maximum atomic E-state index is 13.4. The van der Waals surface area contributed by atoms with Crippen LogP contribution in [0.1, 0.15) is 24.5 Å². The fourth-order valence-corrected chi connectivity index (χ4v) is 2.51. The van der Waals surface area contributed by atoms with Crippen LogP contribution >= 0.6 is 15.9 Å². The highest BCUT2D eigenvalue weighted by atomic mass is 79.9. The SMILES string of the molecule is COc1cc(F)c(Br)cc1C(O)C1CCCN1. The Morgan fingerprint density at radius 1 is 1.59 bits per heavy atom. The second-order valence-corrected chi connectivity index (χ2v) is 5.01. The zero-order valence-corrected chi connectivity index (χ0v) is 11.1. The van der Waals surface area contributed by atoms with Crippen molar-refractivity contribution in [1.29, 1.82) is 0 Å². The Morgan fingerprint density at radius 2 is 2.35 bits per heavy atom. The van der Waals surface area contributed by atoms with Crippen LogP contribution in [-0.2, 0) is 0 Å². The molecule has 0 spiro atoms. The summed E-state index contributed by atoms with van der Waals surface area (Å²) in [6.45, 7) is 0.909. The maximum absolute atomic E-state index is 13.4. The van der Waals surface area contributed by atoms with Gasteiger partial charge in [-0.1, -0.05) is 0 Å². The highest BCUT2D eigenvalue weighted by Gasteiger charge is 2.27. The zero-order chi connectivity index (χ0) is 12.4. The minimum Gasteiger partial charge on any atom is -0.496 e. The maximum Gasteiger partial charge on any atom is 0.141 e. The predicted molar refractivity (Wildman–Crippen MR) is 66.6 cm³/mol. The van der Waals surface area contributed by atoms with Gasteiger partial charge in [0, 0.05) is 17.7 Å². The fraction of sp³-hybridized carbons (Fsp3) is 0.500. The minimum atomic E-state index is -0.677. The summed E-state index contributed by atoms with van der Waals surface area (Å²) in [5.74, 6) is -0.0101. The van der Waals surface area contributed by atoms with Crippen LogP contribution in [-0.4, -0.2) is 24.8 Å². The number of halogens is 2. The molecule has 3 nitrogen and oxygen atoms in total. The summed E-state index contributed by atoms with van der Waals surface area (Å²) in [6.07, 6.45) is 1.29. The van der Waals surface area contributed by atoms with Gasteiger partial charge in [0.2, 0.25) is 0 Å². The normalized spacial score (nSPS) is 21.5. The average molecular weight is 304 g/mol. The van der Waals surface area contributed by atoms with Crippen LogP contribution < -0.4 is 10.1 Å². The molecule has 94 valence electrons. The molecule has 1 saturated heterocycles. The summed E-state index contributed by atoms with van der Waals surface area (Å²) >= 11 is 3.12. The summed E-state index contributed by atoms with van der Waals surface area (Å²) in [5, 5.41) is 13.5. The third kappa shape index (κ3) is 2.61. The number of benzene rings is 1. The molecule has 2 unspecified atom stereocenters. The molecule has 1 heterocycles. The predicted octanol–water partition coefficient (Wildman–Crippen LogP) is 2.38. The first-order valence-corrected chi connectivity index (χ1v) is 6.37. The monoisotopic (exact) mass is 303 g/mol. The van der Waals surface area contributed by atoms with Crippen LogP contribution in [0.4, 0.5) is 4.39 Å². The molecular formula is C12H15BrFNO2. The van der Waals surface area contributed by atoms with Crippen LogP contribution in [0.2, 0.25) is 0 Å². The standard InChI is InChI=1S/C12H15BrFNO2/c1-17-11-6-9(14)8(13)5-7(11)12(16)10-3-2-4-15-10/h5-6,10,12,15-16H,2-4H2,1H3. The molecule has 1 aromatic carbocycles. The van der Waals surface area contributed by atoms with E-state index in [1.165, 1.54) is 13.2 Å².